The molecule has 0 aliphatic carbocycles. The number of amides is 3. The summed E-state index contributed by atoms with van der Waals surface area (Å²) < 4.78 is 22.8. The average Bonchev–Trinajstić information content (AvgIpc) is 2.99. The topological polar surface area (TPSA) is 86.8 Å². The monoisotopic (exact) mass is 317 g/mol. The van der Waals surface area contributed by atoms with Crippen molar-refractivity contribution in [1.82, 2.24) is 15.1 Å². The summed E-state index contributed by atoms with van der Waals surface area (Å²) in [6.45, 7) is 1.97. The second-order valence-corrected chi connectivity index (χ2v) is 7.97. The van der Waals surface area contributed by atoms with E-state index in [1.54, 1.807) is 7.05 Å². The molecule has 2 fully saturated rings. The van der Waals surface area contributed by atoms with Gasteiger partial charge in [-0.3, -0.25) is 4.79 Å². The van der Waals surface area contributed by atoms with E-state index in [9.17, 15) is 18.0 Å². The number of sulfone groups is 1. The predicted molar refractivity (Wildman–Crippen MR) is 78.7 cm³/mol. The number of hydrogen-bond donors (Lipinski definition) is 1. The first kappa shape index (κ1) is 16.1. The van der Waals surface area contributed by atoms with Crippen LogP contribution in [0.4, 0.5) is 4.79 Å². The van der Waals surface area contributed by atoms with E-state index in [1.807, 2.05) is 4.90 Å². The standard InChI is InChI=1S/C13H23N3O4S/c1-15(11-5-9-21(19,20)10-11)13(18)14-6-3-8-16-7-2-4-12(16)17/h11H,2-10H2,1H3,(H,14,18)/t11-/m0/s1. The fourth-order valence-corrected chi connectivity index (χ4v) is 4.55. The molecule has 120 valence electrons. The second-order valence-electron chi connectivity index (χ2n) is 5.74. The molecule has 1 atom stereocenters. The number of nitrogens with one attached hydrogen (secondary N) is 1. The molecule has 0 spiro atoms. The Balaban J connectivity index is 1.66. The molecule has 0 aromatic carbocycles. The molecule has 0 aromatic rings. The Kier molecular flexibility index (Phi) is 5.08. The molecule has 8 heteroatoms. The van der Waals surface area contributed by atoms with Crippen LogP contribution in [0.2, 0.25) is 0 Å². The van der Waals surface area contributed by atoms with Gasteiger partial charge >= 0.3 is 6.03 Å². The van der Waals surface area contributed by atoms with Crippen molar-refractivity contribution in [3.63, 3.8) is 0 Å². The van der Waals surface area contributed by atoms with Crippen LogP contribution in [0.15, 0.2) is 0 Å². The van der Waals surface area contributed by atoms with Crippen LogP contribution in [0.3, 0.4) is 0 Å². The number of hydrogen-bond acceptors (Lipinski definition) is 4. The zero-order chi connectivity index (χ0) is 15.5. The van der Waals surface area contributed by atoms with Crippen LogP contribution in [0, 0.1) is 0 Å². The Morgan fingerprint density at radius 2 is 2.24 bits per heavy atom. The Labute approximate surface area is 125 Å². The van der Waals surface area contributed by atoms with Gasteiger partial charge in [-0.1, -0.05) is 0 Å². The van der Waals surface area contributed by atoms with Gasteiger partial charge in [-0.15, -0.1) is 0 Å². The number of rotatable bonds is 5. The van der Waals surface area contributed by atoms with Crippen molar-refractivity contribution in [3.05, 3.63) is 0 Å². The lowest BCUT2D eigenvalue weighted by atomic mass is 10.2. The molecule has 2 heterocycles. The summed E-state index contributed by atoms with van der Waals surface area (Å²) >= 11 is 0. The summed E-state index contributed by atoms with van der Waals surface area (Å²) in [5.41, 5.74) is 0. The van der Waals surface area contributed by atoms with Crippen molar-refractivity contribution in [1.29, 1.82) is 0 Å². The normalized spacial score (nSPS) is 24.3. The van der Waals surface area contributed by atoms with Crippen molar-refractivity contribution in [2.24, 2.45) is 0 Å². The quantitative estimate of drug-likeness (QED) is 0.713. The summed E-state index contributed by atoms with van der Waals surface area (Å²) in [7, 11) is -1.35. The molecule has 21 heavy (non-hydrogen) atoms. The minimum atomic E-state index is -2.98. The van der Waals surface area contributed by atoms with Crippen molar-refractivity contribution in [2.45, 2.75) is 31.7 Å². The van der Waals surface area contributed by atoms with E-state index in [-0.39, 0.29) is 29.5 Å². The maximum atomic E-state index is 11.9. The molecule has 2 saturated heterocycles. The van der Waals surface area contributed by atoms with E-state index < -0.39 is 9.84 Å². The van der Waals surface area contributed by atoms with Gasteiger partial charge in [0.25, 0.3) is 0 Å². The van der Waals surface area contributed by atoms with Crippen LogP contribution < -0.4 is 5.32 Å². The smallest absolute Gasteiger partial charge is 0.317 e. The molecule has 7 nitrogen and oxygen atoms in total. The first-order chi connectivity index (χ1) is 9.89. The van der Waals surface area contributed by atoms with Crippen molar-refractivity contribution in [2.75, 3.05) is 38.2 Å². The van der Waals surface area contributed by atoms with Gasteiger partial charge in [0.05, 0.1) is 11.5 Å². The molecular formula is C13H23N3O4S. The predicted octanol–water partition coefficient (Wildman–Crippen LogP) is -0.173. The van der Waals surface area contributed by atoms with Crippen LogP contribution in [0.25, 0.3) is 0 Å². The number of urea groups is 1. The third-order valence-corrected chi connectivity index (χ3v) is 5.88. The van der Waals surface area contributed by atoms with Crippen LogP contribution in [-0.2, 0) is 14.6 Å². The number of nitrogens with zero attached hydrogens (tertiary/aromatic N) is 2. The zero-order valence-electron chi connectivity index (χ0n) is 12.4. The van der Waals surface area contributed by atoms with Gasteiger partial charge in [-0.05, 0) is 19.3 Å². The van der Waals surface area contributed by atoms with Crippen LogP contribution in [0.1, 0.15) is 25.7 Å². The van der Waals surface area contributed by atoms with Gasteiger partial charge < -0.3 is 15.1 Å². The Hall–Kier alpha value is -1.31. The Bertz CT molecular complexity index is 506. The minimum absolute atomic E-state index is 0.0548. The lowest BCUT2D eigenvalue weighted by Crippen LogP contribution is -2.44. The number of likely N-dealkylation sites (tertiary alicyclic amines) is 1. The van der Waals surface area contributed by atoms with Crippen LogP contribution in [0.5, 0.6) is 0 Å². The SMILES string of the molecule is CN(C(=O)NCCCN1CCCC1=O)[C@H]1CCS(=O)(=O)C1. The molecule has 2 rings (SSSR count). The van der Waals surface area contributed by atoms with Gasteiger partial charge in [0.1, 0.15) is 0 Å². The van der Waals surface area contributed by atoms with Gasteiger partial charge in [-0.25, -0.2) is 13.2 Å². The summed E-state index contributed by atoms with van der Waals surface area (Å²) in [6.07, 6.45) is 2.78. The number of carbonyl (C=O) groups excluding carboxylic acids is 2. The van der Waals surface area contributed by atoms with E-state index in [0.717, 1.165) is 13.0 Å². The maximum absolute atomic E-state index is 11.9. The zero-order valence-corrected chi connectivity index (χ0v) is 13.2. The van der Waals surface area contributed by atoms with Crippen molar-refractivity contribution >= 4 is 21.8 Å². The van der Waals surface area contributed by atoms with Gasteiger partial charge in [-0.2, -0.15) is 0 Å². The lowest BCUT2D eigenvalue weighted by molar-refractivity contribution is -0.127. The van der Waals surface area contributed by atoms with Crippen LogP contribution in [-0.4, -0.2) is 74.4 Å². The first-order valence-electron chi connectivity index (χ1n) is 7.38. The summed E-state index contributed by atoms with van der Waals surface area (Å²) in [5, 5.41) is 2.78. The van der Waals surface area contributed by atoms with E-state index in [4.69, 9.17) is 0 Å². The average molecular weight is 317 g/mol. The molecule has 2 aliphatic rings. The Morgan fingerprint density at radius 3 is 2.81 bits per heavy atom. The molecule has 1 N–H and O–H groups in total. The fraction of sp³-hybridized carbons (Fsp3) is 0.846. The molecule has 3 amide bonds. The van der Waals surface area contributed by atoms with Crippen molar-refractivity contribution in [3.8, 4) is 0 Å². The maximum Gasteiger partial charge on any atom is 0.317 e. The van der Waals surface area contributed by atoms with Gasteiger partial charge in [0.15, 0.2) is 9.84 Å². The highest BCUT2D eigenvalue weighted by molar-refractivity contribution is 7.91. The lowest BCUT2D eigenvalue weighted by Gasteiger charge is -2.24. The first-order valence-corrected chi connectivity index (χ1v) is 9.20. The molecule has 0 bridgehead atoms. The van der Waals surface area contributed by atoms with E-state index in [2.05, 4.69) is 5.32 Å². The molecule has 0 unspecified atom stereocenters. The van der Waals surface area contributed by atoms with E-state index in [0.29, 0.717) is 32.4 Å². The summed E-state index contributed by atoms with van der Waals surface area (Å²) in [5.74, 6) is 0.403. The van der Waals surface area contributed by atoms with Gasteiger partial charge in [0.2, 0.25) is 5.91 Å². The molecule has 0 radical (unpaired) electrons. The summed E-state index contributed by atoms with van der Waals surface area (Å²) in [4.78, 5) is 26.7. The highest BCUT2D eigenvalue weighted by Gasteiger charge is 2.32. The number of carbonyl (C=O) groups is 2. The molecule has 2 aliphatic heterocycles. The Morgan fingerprint density at radius 1 is 1.48 bits per heavy atom. The third kappa shape index (κ3) is 4.33. The van der Waals surface area contributed by atoms with E-state index >= 15 is 0 Å². The molecule has 0 aromatic heterocycles. The highest BCUT2D eigenvalue weighted by Crippen LogP contribution is 2.16. The fourth-order valence-electron chi connectivity index (χ4n) is 2.78. The van der Waals surface area contributed by atoms with Crippen LogP contribution >= 0.6 is 0 Å². The highest BCUT2D eigenvalue weighted by atomic mass is 32.2. The largest absolute Gasteiger partial charge is 0.343 e. The molecule has 0 saturated carbocycles. The minimum Gasteiger partial charge on any atom is -0.343 e. The van der Waals surface area contributed by atoms with E-state index in [1.165, 1.54) is 4.90 Å². The van der Waals surface area contributed by atoms with Crippen molar-refractivity contribution < 1.29 is 18.0 Å². The second kappa shape index (κ2) is 6.64. The molecular weight excluding hydrogens is 294 g/mol. The third-order valence-electron chi connectivity index (χ3n) is 4.13. The van der Waals surface area contributed by atoms with Gasteiger partial charge in [0, 0.05) is 39.1 Å². The summed E-state index contributed by atoms with van der Waals surface area (Å²) in [6, 6.07) is -0.472.